The second-order valence-corrected chi connectivity index (χ2v) is 4.10. The zero-order chi connectivity index (χ0) is 11.5. The van der Waals surface area contributed by atoms with Crippen molar-refractivity contribution in [3.8, 4) is 11.1 Å². The summed E-state index contributed by atoms with van der Waals surface area (Å²) >= 11 is 0. The van der Waals surface area contributed by atoms with Crippen LogP contribution in [0, 0.1) is 6.92 Å². The lowest BCUT2D eigenvalue weighted by atomic mass is 10.0. The number of pyridine rings is 1. The van der Waals surface area contributed by atoms with Gasteiger partial charge in [-0.2, -0.15) is 0 Å². The summed E-state index contributed by atoms with van der Waals surface area (Å²) in [5.41, 5.74) is 10.5. The molecule has 0 spiro atoms. The predicted octanol–water partition coefficient (Wildman–Crippen LogP) is 3.08. The van der Waals surface area contributed by atoms with Crippen molar-refractivity contribution in [2.24, 2.45) is 5.73 Å². The molecule has 0 radical (unpaired) electrons. The molecule has 0 bridgehead atoms. The molecular weight excluding hydrogens is 196 g/mol. The Kier molecular flexibility index (Phi) is 3.02. The summed E-state index contributed by atoms with van der Waals surface area (Å²) in [5, 5.41) is 0. The zero-order valence-electron chi connectivity index (χ0n) is 9.64. The highest BCUT2D eigenvalue weighted by Crippen LogP contribution is 2.22. The molecule has 0 amide bonds. The third kappa shape index (κ3) is 2.28. The summed E-state index contributed by atoms with van der Waals surface area (Å²) in [6, 6.07) is 12.5. The van der Waals surface area contributed by atoms with E-state index in [0.29, 0.717) is 0 Å². The highest BCUT2D eigenvalue weighted by atomic mass is 14.6. The molecular formula is C14H16N2. The number of nitrogens with zero attached hydrogens (tertiary/aromatic N) is 1. The molecule has 2 rings (SSSR count). The van der Waals surface area contributed by atoms with Crippen molar-refractivity contribution in [1.29, 1.82) is 0 Å². The van der Waals surface area contributed by atoms with E-state index >= 15 is 0 Å². The number of aryl methyl sites for hydroxylation is 1. The summed E-state index contributed by atoms with van der Waals surface area (Å²) in [7, 11) is 0. The van der Waals surface area contributed by atoms with E-state index in [1.54, 1.807) is 0 Å². The van der Waals surface area contributed by atoms with E-state index in [0.717, 1.165) is 11.3 Å². The molecule has 2 heteroatoms. The fraction of sp³-hybridized carbons (Fsp3) is 0.214. The molecule has 0 saturated carbocycles. The van der Waals surface area contributed by atoms with Gasteiger partial charge in [-0.15, -0.1) is 0 Å². The standard InChI is InChI=1S/C14H16N2/c1-10-8-14(6-7-16-10)13-5-3-4-12(9-13)11(2)15/h3-9,11H,15H2,1-2H3. The number of benzene rings is 1. The number of aromatic nitrogens is 1. The molecule has 1 aromatic heterocycles. The Morgan fingerprint density at radius 3 is 2.56 bits per heavy atom. The van der Waals surface area contributed by atoms with E-state index in [1.807, 2.05) is 32.2 Å². The van der Waals surface area contributed by atoms with Crippen LogP contribution in [0.25, 0.3) is 11.1 Å². The fourth-order valence-corrected chi connectivity index (χ4v) is 1.73. The second-order valence-electron chi connectivity index (χ2n) is 4.10. The van der Waals surface area contributed by atoms with E-state index in [9.17, 15) is 0 Å². The topological polar surface area (TPSA) is 38.9 Å². The predicted molar refractivity (Wildman–Crippen MR) is 67.0 cm³/mol. The highest BCUT2D eigenvalue weighted by Gasteiger charge is 2.02. The van der Waals surface area contributed by atoms with Gasteiger partial charge in [-0.05, 0) is 48.7 Å². The van der Waals surface area contributed by atoms with Crippen molar-refractivity contribution in [1.82, 2.24) is 4.98 Å². The van der Waals surface area contributed by atoms with Crippen LogP contribution in [0.15, 0.2) is 42.6 Å². The van der Waals surface area contributed by atoms with Gasteiger partial charge in [0.1, 0.15) is 0 Å². The van der Waals surface area contributed by atoms with Crippen molar-refractivity contribution < 1.29 is 0 Å². The van der Waals surface area contributed by atoms with Crippen LogP contribution in [-0.4, -0.2) is 4.98 Å². The maximum Gasteiger partial charge on any atom is 0.0378 e. The molecule has 0 aliphatic rings. The SMILES string of the molecule is Cc1cc(-c2cccc(C(C)N)c2)ccn1. The molecule has 1 aromatic carbocycles. The Balaban J connectivity index is 2.44. The fourth-order valence-electron chi connectivity index (χ4n) is 1.73. The normalized spacial score (nSPS) is 12.4. The molecule has 2 aromatic rings. The molecule has 2 N–H and O–H groups in total. The molecule has 16 heavy (non-hydrogen) atoms. The van der Waals surface area contributed by atoms with Crippen molar-refractivity contribution >= 4 is 0 Å². The van der Waals surface area contributed by atoms with Crippen molar-refractivity contribution in [2.45, 2.75) is 19.9 Å². The van der Waals surface area contributed by atoms with E-state index in [-0.39, 0.29) is 6.04 Å². The van der Waals surface area contributed by atoms with E-state index in [1.165, 1.54) is 11.1 Å². The average molecular weight is 212 g/mol. The Morgan fingerprint density at radius 1 is 1.12 bits per heavy atom. The second kappa shape index (κ2) is 4.45. The summed E-state index contributed by atoms with van der Waals surface area (Å²) in [6.45, 7) is 4.00. The third-order valence-electron chi connectivity index (χ3n) is 2.64. The maximum atomic E-state index is 5.88. The van der Waals surface area contributed by atoms with Gasteiger partial charge in [0.05, 0.1) is 0 Å². The molecule has 0 saturated heterocycles. The maximum absolute atomic E-state index is 5.88. The summed E-state index contributed by atoms with van der Waals surface area (Å²) < 4.78 is 0. The van der Waals surface area contributed by atoms with Gasteiger partial charge in [-0.25, -0.2) is 0 Å². The quantitative estimate of drug-likeness (QED) is 0.830. The summed E-state index contributed by atoms with van der Waals surface area (Å²) in [5.74, 6) is 0. The number of nitrogens with two attached hydrogens (primary N) is 1. The third-order valence-corrected chi connectivity index (χ3v) is 2.64. The zero-order valence-corrected chi connectivity index (χ0v) is 9.64. The first-order chi connectivity index (χ1) is 7.66. The molecule has 82 valence electrons. The molecule has 0 aliphatic carbocycles. The number of hydrogen-bond acceptors (Lipinski definition) is 2. The largest absolute Gasteiger partial charge is 0.324 e. The van der Waals surface area contributed by atoms with Crippen LogP contribution in [0.3, 0.4) is 0 Å². The van der Waals surface area contributed by atoms with Gasteiger partial charge < -0.3 is 5.73 Å². The van der Waals surface area contributed by atoms with Crippen molar-refractivity contribution in [2.75, 3.05) is 0 Å². The minimum Gasteiger partial charge on any atom is -0.324 e. The lowest BCUT2D eigenvalue weighted by Crippen LogP contribution is -2.04. The van der Waals surface area contributed by atoms with Crippen molar-refractivity contribution in [3.63, 3.8) is 0 Å². The Morgan fingerprint density at radius 2 is 1.88 bits per heavy atom. The van der Waals surface area contributed by atoms with Crippen LogP contribution in [0.4, 0.5) is 0 Å². The van der Waals surface area contributed by atoms with Crippen LogP contribution in [0.1, 0.15) is 24.2 Å². The first-order valence-electron chi connectivity index (χ1n) is 5.45. The van der Waals surface area contributed by atoms with Gasteiger partial charge in [-0.3, -0.25) is 4.98 Å². The van der Waals surface area contributed by atoms with Gasteiger partial charge in [0.25, 0.3) is 0 Å². The van der Waals surface area contributed by atoms with Gasteiger partial charge in [0, 0.05) is 17.9 Å². The van der Waals surface area contributed by atoms with Gasteiger partial charge >= 0.3 is 0 Å². The van der Waals surface area contributed by atoms with Crippen molar-refractivity contribution in [3.05, 3.63) is 53.9 Å². The first-order valence-corrected chi connectivity index (χ1v) is 5.45. The molecule has 1 heterocycles. The lowest BCUT2D eigenvalue weighted by Gasteiger charge is -2.08. The van der Waals surface area contributed by atoms with E-state index in [2.05, 4.69) is 29.2 Å². The van der Waals surface area contributed by atoms with Crippen LogP contribution in [0.2, 0.25) is 0 Å². The Hall–Kier alpha value is -1.67. The van der Waals surface area contributed by atoms with Gasteiger partial charge in [-0.1, -0.05) is 18.2 Å². The monoisotopic (exact) mass is 212 g/mol. The molecule has 0 fully saturated rings. The smallest absolute Gasteiger partial charge is 0.0378 e. The van der Waals surface area contributed by atoms with Gasteiger partial charge in [0.15, 0.2) is 0 Å². The highest BCUT2D eigenvalue weighted by molar-refractivity contribution is 5.64. The molecule has 1 unspecified atom stereocenters. The van der Waals surface area contributed by atoms with Crippen LogP contribution >= 0.6 is 0 Å². The van der Waals surface area contributed by atoms with Gasteiger partial charge in [0.2, 0.25) is 0 Å². The lowest BCUT2D eigenvalue weighted by molar-refractivity contribution is 0.819. The molecule has 2 nitrogen and oxygen atoms in total. The summed E-state index contributed by atoms with van der Waals surface area (Å²) in [4.78, 5) is 4.20. The average Bonchev–Trinajstić information content (AvgIpc) is 2.29. The number of hydrogen-bond donors (Lipinski definition) is 1. The van der Waals surface area contributed by atoms with Crippen LogP contribution in [-0.2, 0) is 0 Å². The Bertz CT molecular complexity index is 490. The molecule has 0 aliphatic heterocycles. The minimum atomic E-state index is 0.0721. The Labute approximate surface area is 96.1 Å². The van der Waals surface area contributed by atoms with E-state index < -0.39 is 0 Å². The minimum absolute atomic E-state index is 0.0721. The van der Waals surface area contributed by atoms with E-state index in [4.69, 9.17) is 5.73 Å². The molecule has 1 atom stereocenters. The number of rotatable bonds is 2. The van der Waals surface area contributed by atoms with Crippen LogP contribution in [0.5, 0.6) is 0 Å². The summed E-state index contributed by atoms with van der Waals surface area (Å²) in [6.07, 6.45) is 1.84. The first kappa shape index (κ1) is 10.8. The van der Waals surface area contributed by atoms with Crippen LogP contribution < -0.4 is 5.73 Å².